The predicted octanol–water partition coefficient (Wildman–Crippen LogP) is 5.74. The summed E-state index contributed by atoms with van der Waals surface area (Å²) >= 11 is 6.55. The fourth-order valence-electron chi connectivity index (χ4n) is 3.47. The van der Waals surface area contributed by atoms with Crippen molar-refractivity contribution in [2.45, 2.75) is 19.9 Å². The Labute approximate surface area is 181 Å². The van der Waals surface area contributed by atoms with E-state index >= 15 is 0 Å². The average molecular weight is 416 g/mol. The first-order valence-corrected chi connectivity index (χ1v) is 10.2. The zero-order valence-corrected chi connectivity index (χ0v) is 17.4. The molecule has 1 aromatic heterocycles. The topological polar surface area (TPSA) is 46.9 Å². The van der Waals surface area contributed by atoms with Crippen LogP contribution in [0.3, 0.4) is 0 Å². The number of hydrogen-bond acceptors (Lipinski definition) is 2. The van der Waals surface area contributed by atoms with Gasteiger partial charge in [-0.3, -0.25) is 4.79 Å². The van der Waals surface area contributed by atoms with Gasteiger partial charge in [0.1, 0.15) is 5.15 Å². The van der Waals surface area contributed by atoms with Crippen molar-refractivity contribution >= 4 is 23.2 Å². The van der Waals surface area contributed by atoms with Gasteiger partial charge >= 0.3 is 0 Å². The number of anilines is 1. The van der Waals surface area contributed by atoms with Gasteiger partial charge in [0, 0.05) is 5.69 Å². The average Bonchev–Trinajstić information content (AvgIpc) is 3.04. The molecule has 4 nitrogen and oxygen atoms in total. The Morgan fingerprint density at radius 3 is 2.20 bits per heavy atom. The van der Waals surface area contributed by atoms with Crippen molar-refractivity contribution in [3.05, 3.63) is 118 Å². The fraction of sp³-hybridized carbons (Fsp3) is 0.120. The largest absolute Gasteiger partial charge is 0.322 e. The van der Waals surface area contributed by atoms with Crippen LogP contribution in [0.5, 0.6) is 0 Å². The standard InChI is InChI=1S/C25H22ClN3O/c1-18-23(24(26)29(28-18)17-20-12-6-3-7-13-20)25(30)27-22-15-9-8-14-21(22)16-19-10-4-2-5-11-19/h2-15H,16-17H2,1H3,(H,27,30). The van der Waals surface area contributed by atoms with Crippen molar-refractivity contribution in [2.24, 2.45) is 0 Å². The molecule has 0 bridgehead atoms. The molecular weight excluding hydrogens is 394 g/mol. The second-order valence-corrected chi connectivity index (χ2v) is 7.53. The van der Waals surface area contributed by atoms with Gasteiger partial charge in [-0.15, -0.1) is 0 Å². The van der Waals surface area contributed by atoms with E-state index in [0.29, 0.717) is 23.0 Å². The van der Waals surface area contributed by atoms with Gasteiger partial charge < -0.3 is 5.32 Å². The van der Waals surface area contributed by atoms with E-state index in [4.69, 9.17) is 11.6 Å². The van der Waals surface area contributed by atoms with E-state index in [9.17, 15) is 4.79 Å². The van der Waals surface area contributed by atoms with Crippen LogP contribution in [-0.2, 0) is 13.0 Å². The molecule has 1 N–H and O–H groups in total. The molecule has 0 aliphatic carbocycles. The summed E-state index contributed by atoms with van der Waals surface area (Å²) in [7, 11) is 0. The molecule has 0 fully saturated rings. The van der Waals surface area contributed by atoms with Crippen LogP contribution < -0.4 is 5.32 Å². The van der Waals surface area contributed by atoms with Gasteiger partial charge in [-0.1, -0.05) is 90.5 Å². The lowest BCUT2D eigenvalue weighted by molar-refractivity contribution is 0.102. The fourth-order valence-corrected chi connectivity index (χ4v) is 3.79. The summed E-state index contributed by atoms with van der Waals surface area (Å²) in [5.74, 6) is -0.252. The second-order valence-electron chi connectivity index (χ2n) is 7.17. The Kier molecular flexibility index (Phi) is 5.96. The van der Waals surface area contributed by atoms with Crippen LogP contribution >= 0.6 is 11.6 Å². The van der Waals surface area contributed by atoms with E-state index in [0.717, 1.165) is 23.2 Å². The maximum absolute atomic E-state index is 13.1. The highest BCUT2D eigenvalue weighted by atomic mass is 35.5. The molecule has 0 atom stereocenters. The van der Waals surface area contributed by atoms with Crippen LogP contribution in [0, 0.1) is 6.92 Å². The van der Waals surface area contributed by atoms with E-state index in [-0.39, 0.29) is 5.91 Å². The molecule has 0 spiro atoms. The third-order valence-corrected chi connectivity index (χ3v) is 5.35. The number of hydrogen-bond donors (Lipinski definition) is 1. The molecule has 3 aromatic carbocycles. The number of halogens is 1. The maximum Gasteiger partial charge on any atom is 0.260 e. The van der Waals surface area contributed by atoms with Crippen LogP contribution in [0.15, 0.2) is 84.9 Å². The third kappa shape index (κ3) is 4.44. The summed E-state index contributed by atoms with van der Waals surface area (Å²) < 4.78 is 1.66. The SMILES string of the molecule is Cc1nn(Cc2ccccc2)c(Cl)c1C(=O)Nc1ccccc1Cc1ccccc1. The zero-order chi connectivity index (χ0) is 20.9. The van der Waals surface area contributed by atoms with Gasteiger partial charge in [-0.25, -0.2) is 4.68 Å². The Morgan fingerprint density at radius 1 is 0.900 bits per heavy atom. The second kappa shape index (κ2) is 8.97. The van der Waals surface area contributed by atoms with Crippen LogP contribution in [0.4, 0.5) is 5.69 Å². The first kappa shape index (κ1) is 19.9. The quantitative estimate of drug-likeness (QED) is 0.436. The molecule has 0 radical (unpaired) electrons. The number of carbonyl (C=O) groups excluding carboxylic acids is 1. The summed E-state index contributed by atoms with van der Waals surface area (Å²) in [5.41, 5.74) is 5.09. The third-order valence-electron chi connectivity index (χ3n) is 4.97. The van der Waals surface area contributed by atoms with Crippen molar-refractivity contribution in [3.8, 4) is 0 Å². The lowest BCUT2D eigenvalue weighted by atomic mass is 10.0. The number of nitrogens with zero attached hydrogens (tertiary/aromatic N) is 2. The van der Waals surface area contributed by atoms with E-state index in [1.54, 1.807) is 11.6 Å². The minimum atomic E-state index is -0.252. The first-order chi connectivity index (χ1) is 14.6. The number of nitrogens with one attached hydrogen (secondary N) is 1. The summed E-state index contributed by atoms with van der Waals surface area (Å²) in [6, 6.07) is 27.9. The summed E-state index contributed by atoms with van der Waals surface area (Å²) in [4.78, 5) is 13.1. The molecule has 0 aliphatic heterocycles. The van der Waals surface area contributed by atoms with Crippen LogP contribution in [0.2, 0.25) is 5.15 Å². The number of benzene rings is 3. The minimum absolute atomic E-state index is 0.252. The maximum atomic E-state index is 13.1. The Bertz CT molecular complexity index is 1150. The Balaban J connectivity index is 1.56. The molecule has 1 amide bonds. The molecule has 4 rings (SSSR count). The van der Waals surface area contributed by atoms with Crippen LogP contribution in [-0.4, -0.2) is 15.7 Å². The van der Waals surface area contributed by atoms with Gasteiger partial charge in [0.15, 0.2) is 0 Å². The molecule has 30 heavy (non-hydrogen) atoms. The summed E-state index contributed by atoms with van der Waals surface area (Å²) in [6.45, 7) is 2.32. The number of rotatable bonds is 6. The number of aromatic nitrogens is 2. The lowest BCUT2D eigenvalue weighted by Gasteiger charge is -2.11. The summed E-state index contributed by atoms with van der Waals surface area (Å²) in [5, 5.41) is 7.85. The zero-order valence-electron chi connectivity index (χ0n) is 16.7. The molecule has 5 heteroatoms. The van der Waals surface area contributed by atoms with Gasteiger partial charge in [0.2, 0.25) is 0 Å². The Morgan fingerprint density at radius 2 is 1.50 bits per heavy atom. The number of carbonyl (C=O) groups is 1. The normalized spacial score (nSPS) is 10.7. The number of para-hydroxylation sites is 1. The van der Waals surface area contributed by atoms with Crippen molar-refractivity contribution < 1.29 is 4.79 Å². The highest BCUT2D eigenvalue weighted by molar-refractivity contribution is 6.33. The van der Waals surface area contributed by atoms with Gasteiger partial charge in [0.05, 0.1) is 17.8 Å². The molecule has 0 aliphatic rings. The molecular formula is C25H22ClN3O. The number of amides is 1. The monoisotopic (exact) mass is 415 g/mol. The van der Waals surface area contributed by atoms with Crippen molar-refractivity contribution in [1.29, 1.82) is 0 Å². The van der Waals surface area contributed by atoms with Gasteiger partial charge in [-0.2, -0.15) is 5.10 Å². The highest BCUT2D eigenvalue weighted by Crippen LogP contribution is 2.24. The van der Waals surface area contributed by atoms with Crippen molar-refractivity contribution in [2.75, 3.05) is 5.32 Å². The lowest BCUT2D eigenvalue weighted by Crippen LogP contribution is -2.14. The van der Waals surface area contributed by atoms with Crippen LogP contribution in [0.25, 0.3) is 0 Å². The van der Waals surface area contributed by atoms with E-state index < -0.39 is 0 Å². The molecule has 0 saturated heterocycles. The van der Waals surface area contributed by atoms with Crippen LogP contribution in [0.1, 0.15) is 32.7 Å². The van der Waals surface area contributed by atoms with E-state index in [1.807, 2.05) is 72.8 Å². The van der Waals surface area contributed by atoms with Gasteiger partial charge in [-0.05, 0) is 36.1 Å². The number of aryl methyl sites for hydroxylation is 1. The smallest absolute Gasteiger partial charge is 0.260 e. The molecule has 0 unspecified atom stereocenters. The Hall–Kier alpha value is -3.37. The molecule has 0 saturated carbocycles. The van der Waals surface area contributed by atoms with Crippen molar-refractivity contribution in [3.63, 3.8) is 0 Å². The van der Waals surface area contributed by atoms with Gasteiger partial charge in [0.25, 0.3) is 5.91 Å². The highest BCUT2D eigenvalue weighted by Gasteiger charge is 2.21. The summed E-state index contributed by atoms with van der Waals surface area (Å²) in [6.07, 6.45) is 0.733. The molecule has 150 valence electrons. The minimum Gasteiger partial charge on any atom is -0.322 e. The predicted molar refractivity (Wildman–Crippen MR) is 121 cm³/mol. The van der Waals surface area contributed by atoms with Crippen molar-refractivity contribution in [1.82, 2.24) is 9.78 Å². The van der Waals surface area contributed by atoms with E-state index in [2.05, 4.69) is 22.5 Å². The molecule has 1 heterocycles. The van der Waals surface area contributed by atoms with E-state index in [1.165, 1.54) is 5.56 Å². The molecule has 4 aromatic rings. The first-order valence-electron chi connectivity index (χ1n) is 9.82.